The summed E-state index contributed by atoms with van der Waals surface area (Å²) in [6.45, 7) is 3.98. The van der Waals surface area contributed by atoms with Crippen LogP contribution in [0.15, 0.2) is 36.7 Å². The maximum atomic E-state index is 13.5. The van der Waals surface area contributed by atoms with Crippen molar-refractivity contribution < 1.29 is 19.4 Å². The van der Waals surface area contributed by atoms with Crippen LogP contribution in [0.5, 0.6) is 5.88 Å². The maximum Gasteiger partial charge on any atom is 0.304 e. The number of carboxylic acid groups (broad SMARTS) is 1. The van der Waals surface area contributed by atoms with Gasteiger partial charge in [-0.05, 0) is 25.2 Å². The third-order valence-electron chi connectivity index (χ3n) is 5.58. The van der Waals surface area contributed by atoms with Crippen LogP contribution in [0.2, 0.25) is 0 Å². The number of aliphatic carboxylic acids is 1. The van der Waals surface area contributed by atoms with Crippen LogP contribution < -0.4 is 9.64 Å². The summed E-state index contributed by atoms with van der Waals surface area (Å²) in [6.07, 6.45) is 5.26. The number of nitrogens with zero attached hydrogens (tertiary/aromatic N) is 5. The Morgan fingerprint density at radius 2 is 1.91 bits per heavy atom. The lowest BCUT2D eigenvalue weighted by molar-refractivity contribution is -0.140. The van der Waals surface area contributed by atoms with Crippen LogP contribution in [0.4, 0.5) is 5.13 Å². The molecule has 1 aliphatic rings. The lowest BCUT2D eigenvalue weighted by Crippen LogP contribution is -2.39. The van der Waals surface area contributed by atoms with Gasteiger partial charge in [-0.15, -0.1) is 0 Å². The number of aromatic nitrogens is 4. The molecule has 1 N–H and O–H groups in total. The topological polar surface area (TPSA) is 118 Å². The summed E-state index contributed by atoms with van der Waals surface area (Å²) in [5.74, 6) is -0.626. The van der Waals surface area contributed by atoms with Gasteiger partial charge in [0.1, 0.15) is 0 Å². The van der Waals surface area contributed by atoms with Crippen LogP contribution in [0.3, 0.4) is 0 Å². The lowest BCUT2D eigenvalue weighted by atomic mass is 9.93. The number of carbonyl (C=O) groups is 2. The molecule has 1 atom stereocenters. The van der Waals surface area contributed by atoms with E-state index in [1.807, 2.05) is 38.1 Å². The van der Waals surface area contributed by atoms with Gasteiger partial charge < -0.3 is 9.84 Å². The highest BCUT2D eigenvalue weighted by atomic mass is 32.1. The van der Waals surface area contributed by atoms with Crippen LogP contribution in [-0.2, 0) is 9.59 Å². The van der Waals surface area contributed by atoms with E-state index in [1.54, 1.807) is 17.3 Å². The first-order valence-electron chi connectivity index (χ1n) is 11.2. The summed E-state index contributed by atoms with van der Waals surface area (Å²) in [4.78, 5) is 40.0. The van der Waals surface area contributed by atoms with E-state index in [4.69, 9.17) is 9.72 Å². The minimum absolute atomic E-state index is 0.0412. The number of hydrogen-bond donors (Lipinski definition) is 1. The molecule has 1 fully saturated rings. The number of methoxy groups -OCH3 is 1. The lowest BCUT2D eigenvalue weighted by Gasteiger charge is -2.25. The summed E-state index contributed by atoms with van der Waals surface area (Å²) >= 11 is 1.15. The molecule has 1 aromatic carbocycles. The highest BCUT2D eigenvalue weighted by molar-refractivity contribution is 7.10. The second kappa shape index (κ2) is 10.3. The van der Waals surface area contributed by atoms with E-state index in [1.165, 1.54) is 7.11 Å². The Hall–Kier alpha value is -3.40. The van der Waals surface area contributed by atoms with Crippen LogP contribution in [0, 0.1) is 11.8 Å². The number of benzene rings is 1. The van der Waals surface area contributed by atoms with Crippen LogP contribution in [0.25, 0.3) is 22.6 Å². The first kappa shape index (κ1) is 23.7. The summed E-state index contributed by atoms with van der Waals surface area (Å²) in [6, 6.07) is 7.66. The number of carbonyl (C=O) groups excluding carboxylic acids is 1. The zero-order valence-electron chi connectivity index (χ0n) is 19.3. The maximum absolute atomic E-state index is 13.5. The number of ether oxygens (including phenoxy) is 1. The third kappa shape index (κ3) is 5.39. The van der Waals surface area contributed by atoms with Gasteiger partial charge >= 0.3 is 5.97 Å². The quantitative estimate of drug-likeness (QED) is 0.455. The van der Waals surface area contributed by atoms with Gasteiger partial charge in [-0.1, -0.05) is 38.1 Å². The van der Waals surface area contributed by atoms with Crippen molar-refractivity contribution in [2.75, 3.05) is 12.0 Å². The monoisotopic (exact) mass is 481 g/mol. The van der Waals surface area contributed by atoms with E-state index in [0.29, 0.717) is 29.0 Å². The molecule has 34 heavy (non-hydrogen) atoms. The van der Waals surface area contributed by atoms with E-state index < -0.39 is 11.9 Å². The molecule has 2 heterocycles. The van der Waals surface area contributed by atoms with Gasteiger partial charge in [0, 0.05) is 34.6 Å². The van der Waals surface area contributed by atoms with Crippen LogP contribution in [0.1, 0.15) is 39.5 Å². The first-order chi connectivity index (χ1) is 16.4. The molecule has 0 aliphatic heterocycles. The Morgan fingerprint density at radius 1 is 1.18 bits per heavy atom. The Balaban J connectivity index is 1.65. The van der Waals surface area contributed by atoms with Gasteiger partial charge in [-0.2, -0.15) is 9.36 Å². The van der Waals surface area contributed by atoms with Gasteiger partial charge in [0.2, 0.25) is 16.9 Å². The molecule has 0 bridgehead atoms. The van der Waals surface area contributed by atoms with Crippen LogP contribution >= 0.6 is 11.5 Å². The molecule has 2 aromatic heterocycles. The highest BCUT2D eigenvalue weighted by Crippen LogP contribution is 2.38. The average molecular weight is 482 g/mol. The molecule has 0 spiro atoms. The molecule has 1 aliphatic carbocycles. The molecule has 4 rings (SSSR count). The Morgan fingerprint density at radius 3 is 2.50 bits per heavy atom. The average Bonchev–Trinajstić information content (AvgIpc) is 3.54. The standard InChI is InChI=1S/C24H27N5O4S/c1-14(2)10-15(11-21(30)31)23(32)29(16-8-9-16)24-27-22(28-34-24)18-7-5-4-6-17(18)19-12-26-20(33-3)13-25-19/h4-7,12-16H,8-11H2,1-3H3,(H,30,31). The molecule has 0 radical (unpaired) electrons. The van der Waals surface area contributed by atoms with Gasteiger partial charge in [-0.25, -0.2) is 9.97 Å². The SMILES string of the molecule is COc1cnc(-c2ccccc2-c2nsc(N(C(=O)C(CC(=O)O)CC(C)C)C3CC3)n2)cn1. The van der Waals surface area contributed by atoms with E-state index in [9.17, 15) is 14.7 Å². The Bertz CT molecular complexity index is 1160. The molecule has 178 valence electrons. The molecule has 10 heteroatoms. The number of rotatable bonds is 10. The summed E-state index contributed by atoms with van der Waals surface area (Å²) < 4.78 is 9.65. The van der Waals surface area contributed by atoms with Crippen molar-refractivity contribution in [1.82, 2.24) is 19.3 Å². The highest BCUT2D eigenvalue weighted by Gasteiger charge is 2.39. The van der Waals surface area contributed by atoms with Gasteiger partial charge in [0.05, 0.1) is 31.6 Å². The van der Waals surface area contributed by atoms with Gasteiger partial charge in [0.15, 0.2) is 5.82 Å². The number of carboxylic acids is 1. The third-order valence-corrected chi connectivity index (χ3v) is 6.29. The van der Waals surface area contributed by atoms with E-state index >= 15 is 0 Å². The molecule has 1 saturated carbocycles. The molecule has 3 aromatic rings. The molecule has 1 amide bonds. The van der Waals surface area contributed by atoms with E-state index in [-0.39, 0.29) is 24.3 Å². The largest absolute Gasteiger partial charge is 0.481 e. The zero-order valence-corrected chi connectivity index (χ0v) is 20.2. The Kier molecular flexibility index (Phi) is 7.16. The minimum Gasteiger partial charge on any atom is -0.481 e. The van der Waals surface area contributed by atoms with Crippen molar-refractivity contribution in [1.29, 1.82) is 0 Å². The zero-order chi connectivity index (χ0) is 24.2. The fraction of sp³-hybridized carbons (Fsp3) is 0.417. The summed E-state index contributed by atoms with van der Waals surface area (Å²) in [5, 5.41) is 9.86. The Labute approximate surface area is 202 Å². The second-order valence-corrected chi connectivity index (χ2v) is 9.48. The predicted octanol–water partition coefficient (Wildman–Crippen LogP) is 4.30. The molecular weight excluding hydrogens is 454 g/mol. The predicted molar refractivity (Wildman–Crippen MR) is 129 cm³/mol. The summed E-state index contributed by atoms with van der Waals surface area (Å²) in [7, 11) is 1.54. The van der Waals surface area contributed by atoms with Crippen molar-refractivity contribution in [3.05, 3.63) is 36.7 Å². The molecular formula is C24H27N5O4S. The van der Waals surface area contributed by atoms with Crippen molar-refractivity contribution in [3.63, 3.8) is 0 Å². The molecule has 9 nitrogen and oxygen atoms in total. The summed E-state index contributed by atoms with van der Waals surface area (Å²) in [5.41, 5.74) is 2.24. The van der Waals surface area contributed by atoms with Crippen LogP contribution in [-0.4, -0.2) is 49.5 Å². The smallest absolute Gasteiger partial charge is 0.304 e. The number of hydrogen-bond acceptors (Lipinski definition) is 8. The number of anilines is 1. The first-order valence-corrected chi connectivity index (χ1v) is 12.0. The normalized spacial score (nSPS) is 14.1. The van der Waals surface area contributed by atoms with Gasteiger partial charge in [0.25, 0.3) is 0 Å². The fourth-order valence-corrected chi connectivity index (χ4v) is 4.66. The van der Waals surface area contributed by atoms with Crippen molar-refractivity contribution in [3.8, 4) is 28.5 Å². The van der Waals surface area contributed by atoms with E-state index in [0.717, 1.165) is 35.5 Å². The van der Waals surface area contributed by atoms with Gasteiger partial charge in [-0.3, -0.25) is 14.5 Å². The number of amides is 1. The fourth-order valence-electron chi connectivity index (χ4n) is 3.90. The van der Waals surface area contributed by atoms with Crippen molar-refractivity contribution in [2.45, 2.75) is 45.6 Å². The van der Waals surface area contributed by atoms with Crippen molar-refractivity contribution >= 4 is 28.5 Å². The second-order valence-electron chi connectivity index (χ2n) is 8.75. The molecule has 1 unspecified atom stereocenters. The van der Waals surface area contributed by atoms with E-state index in [2.05, 4.69) is 14.3 Å². The van der Waals surface area contributed by atoms with Crippen molar-refractivity contribution in [2.24, 2.45) is 11.8 Å². The molecule has 0 saturated heterocycles. The minimum atomic E-state index is -0.970.